The third-order valence-corrected chi connectivity index (χ3v) is 3.11. The normalized spacial score (nSPS) is 12.4. The van der Waals surface area contributed by atoms with Gasteiger partial charge in [-0.15, -0.1) is 0 Å². The molecule has 0 saturated carbocycles. The highest BCUT2D eigenvalue weighted by Crippen LogP contribution is 2.30. The number of halogens is 2. The van der Waals surface area contributed by atoms with Crippen molar-refractivity contribution < 1.29 is 9.50 Å². The molecule has 0 heterocycles. The molecule has 0 aliphatic carbocycles. The molecule has 1 unspecified atom stereocenters. The molecule has 2 aromatic carbocycles. The molecule has 2 rings (SSSR count). The molecule has 0 saturated heterocycles. The molecule has 0 bridgehead atoms. The summed E-state index contributed by atoms with van der Waals surface area (Å²) in [6.07, 6.45) is -0.960. The lowest BCUT2D eigenvalue weighted by Crippen LogP contribution is -2.06. The second-order valence-corrected chi connectivity index (χ2v) is 4.61. The lowest BCUT2D eigenvalue weighted by Gasteiger charge is -2.16. The van der Waals surface area contributed by atoms with Gasteiger partial charge in [-0.2, -0.15) is 0 Å². The van der Waals surface area contributed by atoms with Gasteiger partial charge in [0, 0.05) is 16.3 Å². The van der Waals surface area contributed by atoms with Crippen LogP contribution in [0.5, 0.6) is 0 Å². The van der Waals surface area contributed by atoms with Gasteiger partial charge in [-0.3, -0.25) is 0 Å². The fraction of sp³-hybridized carbons (Fsp3) is 0.143. The van der Waals surface area contributed by atoms with Crippen LogP contribution in [-0.2, 0) is 0 Å². The maximum atomic E-state index is 13.2. The van der Waals surface area contributed by atoms with Crippen LogP contribution < -0.4 is 5.73 Å². The molecule has 0 aromatic heterocycles. The van der Waals surface area contributed by atoms with Gasteiger partial charge < -0.3 is 10.8 Å². The van der Waals surface area contributed by atoms with Gasteiger partial charge in [0.05, 0.1) is 0 Å². The molecule has 2 aromatic rings. The van der Waals surface area contributed by atoms with Crippen molar-refractivity contribution in [1.82, 2.24) is 0 Å². The van der Waals surface area contributed by atoms with Crippen molar-refractivity contribution in [2.24, 2.45) is 0 Å². The minimum absolute atomic E-state index is 0.387. The molecule has 2 nitrogen and oxygen atoms in total. The Balaban J connectivity index is 2.47. The lowest BCUT2D eigenvalue weighted by atomic mass is 9.96. The Morgan fingerprint density at radius 2 is 1.89 bits per heavy atom. The van der Waals surface area contributed by atoms with E-state index in [-0.39, 0.29) is 5.82 Å². The second kappa shape index (κ2) is 4.96. The van der Waals surface area contributed by atoms with Crippen LogP contribution >= 0.6 is 11.6 Å². The predicted molar refractivity (Wildman–Crippen MR) is 71.1 cm³/mol. The number of nitrogens with two attached hydrogens (primary N) is 1. The van der Waals surface area contributed by atoms with Gasteiger partial charge in [-0.05, 0) is 42.3 Å². The number of aryl methyl sites for hydroxylation is 1. The average molecular weight is 266 g/mol. The maximum absolute atomic E-state index is 13.2. The number of hydrogen-bond acceptors (Lipinski definition) is 2. The zero-order valence-electron chi connectivity index (χ0n) is 9.82. The van der Waals surface area contributed by atoms with E-state index in [1.807, 2.05) is 6.92 Å². The van der Waals surface area contributed by atoms with Crippen LogP contribution in [0, 0.1) is 12.7 Å². The van der Waals surface area contributed by atoms with Gasteiger partial charge in [0.25, 0.3) is 0 Å². The van der Waals surface area contributed by atoms with E-state index < -0.39 is 6.10 Å². The van der Waals surface area contributed by atoms with Crippen LogP contribution in [0.3, 0.4) is 0 Å². The lowest BCUT2D eigenvalue weighted by molar-refractivity contribution is 0.220. The Kier molecular flexibility index (Phi) is 3.55. The van der Waals surface area contributed by atoms with Gasteiger partial charge in [0.15, 0.2) is 0 Å². The van der Waals surface area contributed by atoms with Crippen LogP contribution in [-0.4, -0.2) is 5.11 Å². The van der Waals surface area contributed by atoms with Crippen molar-refractivity contribution in [2.45, 2.75) is 13.0 Å². The van der Waals surface area contributed by atoms with Gasteiger partial charge >= 0.3 is 0 Å². The fourth-order valence-electron chi connectivity index (χ4n) is 1.87. The summed E-state index contributed by atoms with van der Waals surface area (Å²) in [5, 5.41) is 10.8. The molecule has 4 heteroatoms. The SMILES string of the molecule is Cc1ccc(F)cc1C(O)c1ccc(Cl)cc1N. The summed E-state index contributed by atoms with van der Waals surface area (Å²) in [5.74, 6) is -0.387. The third-order valence-electron chi connectivity index (χ3n) is 2.88. The summed E-state index contributed by atoms with van der Waals surface area (Å²) in [7, 11) is 0. The first-order valence-electron chi connectivity index (χ1n) is 5.48. The van der Waals surface area contributed by atoms with Crippen molar-refractivity contribution in [2.75, 3.05) is 5.73 Å². The van der Waals surface area contributed by atoms with Crippen molar-refractivity contribution in [3.8, 4) is 0 Å². The van der Waals surface area contributed by atoms with Gasteiger partial charge in [0.2, 0.25) is 0 Å². The Morgan fingerprint density at radius 3 is 2.56 bits per heavy atom. The first kappa shape index (κ1) is 12.9. The summed E-state index contributed by atoms with van der Waals surface area (Å²) >= 11 is 5.80. The summed E-state index contributed by atoms with van der Waals surface area (Å²) in [6, 6.07) is 9.15. The van der Waals surface area contributed by atoms with E-state index in [0.717, 1.165) is 5.56 Å². The van der Waals surface area contributed by atoms with E-state index in [0.29, 0.717) is 21.8 Å². The minimum atomic E-state index is -0.960. The van der Waals surface area contributed by atoms with Gasteiger partial charge in [0.1, 0.15) is 11.9 Å². The number of anilines is 1. The second-order valence-electron chi connectivity index (χ2n) is 4.18. The number of rotatable bonds is 2. The van der Waals surface area contributed by atoms with Crippen molar-refractivity contribution >= 4 is 17.3 Å². The first-order valence-corrected chi connectivity index (χ1v) is 5.86. The molecule has 0 fully saturated rings. The van der Waals surface area contributed by atoms with Gasteiger partial charge in [-0.25, -0.2) is 4.39 Å². The van der Waals surface area contributed by atoms with E-state index in [4.69, 9.17) is 17.3 Å². The van der Waals surface area contributed by atoms with Crippen molar-refractivity contribution in [3.63, 3.8) is 0 Å². The summed E-state index contributed by atoms with van der Waals surface area (Å²) in [4.78, 5) is 0. The number of benzene rings is 2. The zero-order valence-corrected chi connectivity index (χ0v) is 10.6. The molecule has 0 amide bonds. The molecule has 0 spiro atoms. The monoisotopic (exact) mass is 265 g/mol. The van der Waals surface area contributed by atoms with Crippen LogP contribution in [0.25, 0.3) is 0 Å². The van der Waals surface area contributed by atoms with E-state index in [1.165, 1.54) is 12.1 Å². The smallest absolute Gasteiger partial charge is 0.123 e. The summed E-state index contributed by atoms with van der Waals surface area (Å²) in [5.41, 5.74) is 8.03. The van der Waals surface area contributed by atoms with Crippen LogP contribution in [0.4, 0.5) is 10.1 Å². The Hall–Kier alpha value is -1.58. The minimum Gasteiger partial charge on any atom is -0.398 e. The quantitative estimate of drug-likeness (QED) is 0.817. The Morgan fingerprint density at radius 1 is 1.17 bits per heavy atom. The molecule has 18 heavy (non-hydrogen) atoms. The summed E-state index contributed by atoms with van der Waals surface area (Å²) in [6.45, 7) is 1.81. The molecule has 0 aliphatic rings. The Labute approximate surface area is 110 Å². The highest BCUT2D eigenvalue weighted by atomic mass is 35.5. The van der Waals surface area contributed by atoms with Crippen LogP contribution in [0.15, 0.2) is 36.4 Å². The van der Waals surface area contributed by atoms with Crippen LogP contribution in [0.1, 0.15) is 22.8 Å². The molecular weight excluding hydrogens is 253 g/mol. The average Bonchev–Trinajstić information content (AvgIpc) is 2.31. The summed E-state index contributed by atoms with van der Waals surface area (Å²) < 4.78 is 13.2. The molecule has 0 radical (unpaired) electrons. The predicted octanol–water partition coefficient (Wildman–Crippen LogP) is 3.45. The molecule has 1 atom stereocenters. The topological polar surface area (TPSA) is 46.2 Å². The number of aliphatic hydroxyl groups is 1. The standard InChI is InChI=1S/C14H13ClFNO/c1-8-2-4-10(16)7-12(8)14(18)11-5-3-9(15)6-13(11)17/h2-7,14,18H,17H2,1H3. The van der Waals surface area contributed by atoms with Crippen molar-refractivity contribution in [3.05, 3.63) is 63.9 Å². The third kappa shape index (κ3) is 2.47. The fourth-order valence-corrected chi connectivity index (χ4v) is 2.05. The van der Waals surface area contributed by atoms with E-state index in [2.05, 4.69) is 0 Å². The number of nitrogen functional groups attached to an aromatic ring is 1. The molecule has 0 aliphatic heterocycles. The highest BCUT2D eigenvalue weighted by molar-refractivity contribution is 6.30. The molecular formula is C14H13ClFNO. The number of aliphatic hydroxyl groups excluding tert-OH is 1. The van der Waals surface area contributed by atoms with E-state index >= 15 is 0 Å². The largest absolute Gasteiger partial charge is 0.398 e. The van der Waals surface area contributed by atoms with E-state index in [1.54, 1.807) is 24.3 Å². The number of hydrogen-bond donors (Lipinski definition) is 2. The molecule has 94 valence electrons. The van der Waals surface area contributed by atoms with Crippen LogP contribution in [0.2, 0.25) is 5.02 Å². The Bertz CT molecular complexity index is 586. The molecule has 3 N–H and O–H groups in total. The van der Waals surface area contributed by atoms with Gasteiger partial charge in [-0.1, -0.05) is 23.7 Å². The van der Waals surface area contributed by atoms with Crippen molar-refractivity contribution in [1.29, 1.82) is 0 Å². The first-order chi connectivity index (χ1) is 8.49. The van der Waals surface area contributed by atoms with E-state index in [9.17, 15) is 9.50 Å². The highest BCUT2D eigenvalue weighted by Gasteiger charge is 2.16. The maximum Gasteiger partial charge on any atom is 0.123 e. The zero-order chi connectivity index (χ0) is 13.3.